The van der Waals surface area contributed by atoms with Gasteiger partial charge >= 0.3 is 13.5 Å². The molecule has 0 saturated carbocycles. The van der Waals surface area contributed by atoms with Crippen LogP contribution in [0.2, 0.25) is 0 Å². The van der Waals surface area contributed by atoms with Gasteiger partial charge < -0.3 is 34.2 Å². The van der Waals surface area contributed by atoms with Gasteiger partial charge in [0.1, 0.15) is 17.9 Å². The van der Waals surface area contributed by atoms with Crippen LogP contribution >= 0.6 is 0 Å². The fourth-order valence-corrected chi connectivity index (χ4v) is 4.96. The normalized spacial score (nSPS) is 15.1. The Labute approximate surface area is 289 Å². The van der Waals surface area contributed by atoms with Crippen molar-refractivity contribution >= 4 is 30.0 Å². The number of carbonyl (C=O) groups is 1. The number of amides is 1. The van der Waals surface area contributed by atoms with E-state index in [2.05, 4.69) is 37.5 Å². The molecule has 0 radical (unpaired) electrons. The largest absolute Gasteiger partial charge is 0.573 e. The molecule has 1 fully saturated rings. The number of nitrogens with zero attached hydrogens (tertiary/aromatic N) is 2. The highest BCUT2D eigenvalue weighted by Gasteiger charge is 2.51. The maximum absolute atomic E-state index is 12.8. The molecule has 50 heavy (non-hydrogen) atoms. The zero-order chi connectivity index (χ0) is 35.8. The summed E-state index contributed by atoms with van der Waals surface area (Å²) in [6.45, 7) is 10.2. The zero-order valence-electron chi connectivity index (χ0n) is 28.4. The van der Waals surface area contributed by atoms with Gasteiger partial charge in [-0.25, -0.2) is 9.97 Å². The quantitative estimate of drug-likeness (QED) is 0.113. The third kappa shape index (κ3) is 10.3. The molecule has 1 aromatic heterocycles. The first-order valence-electron chi connectivity index (χ1n) is 16.2. The number of nitrogens with one attached hydrogen (secondary N) is 2. The van der Waals surface area contributed by atoms with Crippen LogP contribution in [0.3, 0.4) is 0 Å². The van der Waals surface area contributed by atoms with Crippen LogP contribution in [0, 0.1) is 0 Å². The highest BCUT2D eigenvalue weighted by molar-refractivity contribution is 6.62. The number of carbonyl (C=O) groups excluding carboxylic acids is 1. The van der Waals surface area contributed by atoms with E-state index < -0.39 is 6.36 Å². The van der Waals surface area contributed by atoms with Crippen molar-refractivity contribution in [1.82, 2.24) is 15.3 Å². The second kappa shape index (κ2) is 16.0. The van der Waals surface area contributed by atoms with Crippen LogP contribution in [-0.2, 0) is 25.2 Å². The minimum Gasteiger partial charge on any atom is -0.406 e. The molecule has 1 saturated heterocycles. The number of hydrogen-bond donors (Lipinski definition) is 2. The first-order valence-corrected chi connectivity index (χ1v) is 16.2. The Kier molecular flexibility index (Phi) is 11.8. The van der Waals surface area contributed by atoms with Crippen LogP contribution in [-0.4, -0.2) is 73.5 Å². The van der Waals surface area contributed by atoms with Crippen molar-refractivity contribution < 1.29 is 41.5 Å². The molecule has 1 amide bonds. The molecule has 10 nitrogen and oxygen atoms in total. The van der Waals surface area contributed by atoms with Gasteiger partial charge in [0.05, 0.1) is 43.3 Å². The molecule has 3 aromatic carbocycles. The molecule has 0 atom stereocenters. The fraction of sp³-hybridized carbons (Fsp3) is 0.361. The van der Waals surface area contributed by atoms with Crippen LogP contribution in [0.4, 0.5) is 24.7 Å². The lowest BCUT2D eigenvalue weighted by molar-refractivity contribution is -0.274. The smallest absolute Gasteiger partial charge is 0.406 e. The Morgan fingerprint density at radius 3 is 2.20 bits per heavy atom. The first kappa shape index (κ1) is 36.8. The molecule has 5 rings (SSSR count). The van der Waals surface area contributed by atoms with Gasteiger partial charge in [-0.3, -0.25) is 4.79 Å². The van der Waals surface area contributed by atoms with E-state index in [-0.39, 0.29) is 30.0 Å². The lowest BCUT2D eigenvalue weighted by Gasteiger charge is -2.32. The van der Waals surface area contributed by atoms with E-state index in [0.29, 0.717) is 61.3 Å². The first-order chi connectivity index (χ1) is 23.8. The van der Waals surface area contributed by atoms with E-state index in [0.717, 1.165) is 17.4 Å². The van der Waals surface area contributed by atoms with Crippen molar-refractivity contribution in [1.29, 1.82) is 0 Å². The molecule has 0 spiro atoms. The molecule has 4 aromatic rings. The lowest BCUT2D eigenvalue weighted by Crippen LogP contribution is -2.41. The van der Waals surface area contributed by atoms with Gasteiger partial charge in [-0.1, -0.05) is 36.4 Å². The summed E-state index contributed by atoms with van der Waals surface area (Å²) in [5.74, 6) is -0.167. The summed E-state index contributed by atoms with van der Waals surface area (Å²) in [5.41, 5.74) is 3.59. The molecule has 264 valence electrons. The molecule has 0 unspecified atom stereocenters. The van der Waals surface area contributed by atoms with Gasteiger partial charge in [0.2, 0.25) is 0 Å². The molecular formula is C36H40BF3N4O6. The van der Waals surface area contributed by atoms with Gasteiger partial charge in [-0.05, 0) is 81.5 Å². The zero-order valence-corrected chi connectivity index (χ0v) is 28.4. The topological polar surface area (TPSA) is 113 Å². The third-order valence-electron chi connectivity index (χ3n) is 8.39. The number of rotatable bonds is 15. The maximum atomic E-state index is 12.8. The van der Waals surface area contributed by atoms with Crippen molar-refractivity contribution in [2.24, 2.45) is 0 Å². The Balaban J connectivity index is 0.981. The minimum atomic E-state index is -4.76. The minimum absolute atomic E-state index is 0.259. The Morgan fingerprint density at radius 1 is 0.840 bits per heavy atom. The Hall–Kier alpha value is -4.50. The van der Waals surface area contributed by atoms with Crippen molar-refractivity contribution in [3.63, 3.8) is 0 Å². The van der Waals surface area contributed by atoms with Crippen molar-refractivity contribution in [3.8, 4) is 17.0 Å². The number of aromatic nitrogens is 2. The maximum Gasteiger partial charge on any atom is 0.573 e. The Bertz CT molecular complexity index is 1710. The van der Waals surface area contributed by atoms with Crippen LogP contribution in [0.1, 0.15) is 43.6 Å². The number of benzene rings is 3. The van der Waals surface area contributed by atoms with Crippen molar-refractivity contribution in [2.75, 3.05) is 38.3 Å². The average Bonchev–Trinajstić information content (AvgIpc) is 3.30. The Morgan fingerprint density at radius 2 is 1.52 bits per heavy atom. The molecule has 2 N–H and O–H groups in total. The van der Waals surface area contributed by atoms with E-state index in [1.165, 1.54) is 30.6 Å². The van der Waals surface area contributed by atoms with Crippen molar-refractivity contribution in [2.45, 2.75) is 51.7 Å². The van der Waals surface area contributed by atoms with E-state index in [4.69, 9.17) is 18.8 Å². The number of ether oxygens (including phenoxy) is 3. The van der Waals surface area contributed by atoms with Crippen LogP contribution in [0.5, 0.6) is 5.75 Å². The second-order valence-corrected chi connectivity index (χ2v) is 12.6. The SMILES string of the molecule is CC1(C)OB(c2ccc(CCOCCOCCNC(=O)c3cccc(-c4cc(Nc5ccc(OC(F)(F)F)cc5)ncn4)c3)cc2)OC1(C)C. The predicted molar refractivity (Wildman–Crippen MR) is 184 cm³/mol. The summed E-state index contributed by atoms with van der Waals surface area (Å²) in [7, 11) is -0.379. The summed E-state index contributed by atoms with van der Waals surface area (Å²) >= 11 is 0. The van der Waals surface area contributed by atoms with Crippen LogP contribution < -0.4 is 20.8 Å². The predicted octanol–water partition coefficient (Wildman–Crippen LogP) is 6.09. The molecule has 2 heterocycles. The van der Waals surface area contributed by atoms with Crippen LogP contribution in [0.15, 0.2) is 85.2 Å². The van der Waals surface area contributed by atoms with E-state index in [1.54, 1.807) is 24.3 Å². The van der Waals surface area contributed by atoms with E-state index in [9.17, 15) is 18.0 Å². The lowest BCUT2D eigenvalue weighted by atomic mass is 9.79. The molecule has 0 aliphatic carbocycles. The fourth-order valence-electron chi connectivity index (χ4n) is 4.96. The summed E-state index contributed by atoms with van der Waals surface area (Å²) in [6, 6.07) is 22.1. The molecule has 1 aliphatic heterocycles. The number of halogens is 3. The van der Waals surface area contributed by atoms with Gasteiger partial charge in [0, 0.05) is 29.4 Å². The standard InChI is InChI=1S/C36H40BF3N4O6/c1-34(2)35(3,4)50-37(49-34)28-10-8-25(9-11-28)16-18-46-20-21-47-19-17-41-33(45)27-7-5-6-26(22-27)31-23-32(43-24-42-31)44-29-12-14-30(15-13-29)48-36(38,39)40/h5-15,22-24H,16-21H2,1-4H3,(H,41,45)(H,42,43,44). The molecule has 1 aliphatic rings. The number of alkyl halides is 3. The molecule has 0 bridgehead atoms. The van der Waals surface area contributed by atoms with Gasteiger partial charge in [-0.15, -0.1) is 13.2 Å². The van der Waals surface area contributed by atoms with Gasteiger partial charge in [0.25, 0.3) is 5.91 Å². The summed E-state index contributed by atoms with van der Waals surface area (Å²) in [4.78, 5) is 21.3. The highest BCUT2D eigenvalue weighted by atomic mass is 19.4. The van der Waals surface area contributed by atoms with Gasteiger partial charge in [-0.2, -0.15) is 0 Å². The highest BCUT2D eigenvalue weighted by Crippen LogP contribution is 2.36. The average molecular weight is 693 g/mol. The second-order valence-electron chi connectivity index (χ2n) is 12.6. The van der Waals surface area contributed by atoms with Gasteiger partial charge in [0.15, 0.2) is 0 Å². The molecule has 14 heteroatoms. The summed E-state index contributed by atoms with van der Waals surface area (Å²) < 4.78 is 64.7. The summed E-state index contributed by atoms with van der Waals surface area (Å²) in [6.07, 6.45) is -2.64. The van der Waals surface area contributed by atoms with E-state index >= 15 is 0 Å². The third-order valence-corrected chi connectivity index (χ3v) is 8.39. The number of hydrogen-bond acceptors (Lipinski definition) is 9. The summed E-state index contributed by atoms with van der Waals surface area (Å²) in [5, 5.41) is 5.87. The van der Waals surface area contributed by atoms with Crippen molar-refractivity contribution in [3.05, 3.63) is 96.3 Å². The monoisotopic (exact) mass is 692 g/mol. The van der Waals surface area contributed by atoms with E-state index in [1.807, 2.05) is 45.9 Å². The molecular weight excluding hydrogens is 652 g/mol. The van der Waals surface area contributed by atoms with Crippen LogP contribution in [0.25, 0.3) is 11.3 Å². The number of anilines is 2.